The number of carbonyl (C=O) groups excluding carboxylic acids is 1. The van der Waals surface area contributed by atoms with E-state index in [2.05, 4.69) is 0 Å². The van der Waals surface area contributed by atoms with Gasteiger partial charge in [0, 0.05) is 11.3 Å². The molecule has 17 heavy (non-hydrogen) atoms. The summed E-state index contributed by atoms with van der Waals surface area (Å²) >= 11 is 6.00. The van der Waals surface area contributed by atoms with E-state index in [1.807, 2.05) is 19.1 Å². The van der Waals surface area contributed by atoms with Crippen molar-refractivity contribution in [1.82, 2.24) is 0 Å². The van der Waals surface area contributed by atoms with E-state index in [0.29, 0.717) is 21.8 Å². The predicted octanol–water partition coefficient (Wildman–Crippen LogP) is 3.46. The molecule has 2 aromatic carbocycles. The lowest BCUT2D eigenvalue weighted by atomic mass is 10.0. The Balaban J connectivity index is 2.47. The third kappa shape index (κ3) is 2.32. The molecule has 0 amide bonds. The first-order valence-electron chi connectivity index (χ1n) is 5.25. The van der Waals surface area contributed by atoms with Gasteiger partial charge in [-0.3, -0.25) is 4.79 Å². The number of anilines is 1. The van der Waals surface area contributed by atoms with Crippen LogP contribution in [0.1, 0.15) is 21.5 Å². The van der Waals surface area contributed by atoms with Crippen molar-refractivity contribution in [2.24, 2.45) is 0 Å². The van der Waals surface area contributed by atoms with E-state index >= 15 is 0 Å². The first-order valence-corrected chi connectivity index (χ1v) is 5.63. The fourth-order valence-electron chi connectivity index (χ4n) is 1.63. The minimum atomic E-state index is -0.145. The summed E-state index contributed by atoms with van der Waals surface area (Å²) in [7, 11) is 0. The molecule has 2 aromatic rings. The van der Waals surface area contributed by atoms with Crippen molar-refractivity contribution in [2.75, 3.05) is 5.73 Å². The van der Waals surface area contributed by atoms with Crippen LogP contribution in [0.15, 0.2) is 42.5 Å². The van der Waals surface area contributed by atoms with Crippen LogP contribution in [0, 0.1) is 6.92 Å². The fraction of sp³-hybridized carbons (Fsp3) is 0.0714. The van der Waals surface area contributed by atoms with Gasteiger partial charge in [0.25, 0.3) is 0 Å². The monoisotopic (exact) mass is 245 g/mol. The van der Waals surface area contributed by atoms with Crippen molar-refractivity contribution >= 4 is 23.1 Å². The lowest BCUT2D eigenvalue weighted by Gasteiger charge is -2.07. The smallest absolute Gasteiger partial charge is 0.196 e. The number of rotatable bonds is 2. The molecule has 2 rings (SSSR count). The van der Waals surface area contributed by atoms with Gasteiger partial charge in [0.1, 0.15) is 0 Å². The van der Waals surface area contributed by atoms with Crippen LogP contribution in [-0.2, 0) is 0 Å². The Morgan fingerprint density at radius 3 is 2.35 bits per heavy atom. The predicted molar refractivity (Wildman–Crippen MR) is 70.5 cm³/mol. The van der Waals surface area contributed by atoms with Gasteiger partial charge in [-0.2, -0.15) is 0 Å². The Labute approximate surface area is 105 Å². The number of ketones is 1. The number of hydrogen-bond acceptors (Lipinski definition) is 2. The molecule has 0 heterocycles. The zero-order valence-electron chi connectivity index (χ0n) is 9.41. The average Bonchev–Trinajstić information content (AvgIpc) is 2.29. The van der Waals surface area contributed by atoms with Crippen molar-refractivity contribution in [3.8, 4) is 0 Å². The van der Waals surface area contributed by atoms with E-state index in [0.717, 1.165) is 5.56 Å². The van der Waals surface area contributed by atoms with Crippen molar-refractivity contribution in [3.05, 3.63) is 64.2 Å². The third-order valence-corrected chi connectivity index (χ3v) is 2.90. The molecule has 0 saturated heterocycles. The van der Waals surface area contributed by atoms with Crippen molar-refractivity contribution < 1.29 is 4.79 Å². The number of halogens is 1. The normalized spacial score (nSPS) is 10.2. The lowest BCUT2D eigenvalue weighted by molar-refractivity contribution is 0.103. The first-order chi connectivity index (χ1) is 8.09. The highest BCUT2D eigenvalue weighted by molar-refractivity contribution is 6.35. The third-order valence-electron chi connectivity index (χ3n) is 2.59. The largest absolute Gasteiger partial charge is 0.398 e. The van der Waals surface area contributed by atoms with Gasteiger partial charge in [-0.1, -0.05) is 47.5 Å². The summed E-state index contributed by atoms with van der Waals surface area (Å²) in [5, 5.41) is 0.385. The molecule has 2 nitrogen and oxygen atoms in total. The van der Waals surface area contributed by atoms with Gasteiger partial charge < -0.3 is 5.73 Å². The molecule has 3 heteroatoms. The Morgan fingerprint density at radius 2 is 1.76 bits per heavy atom. The molecule has 0 aliphatic heterocycles. The van der Waals surface area contributed by atoms with Crippen LogP contribution in [0.5, 0.6) is 0 Å². The van der Waals surface area contributed by atoms with Gasteiger partial charge in [-0.05, 0) is 19.1 Å². The van der Waals surface area contributed by atoms with Crippen molar-refractivity contribution in [2.45, 2.75) is 6.92 Å². The van der Waals surface area contributed by atoms with E-state index in [9.17, 15) is 4.79 Å². The molecular weight excluding hydrogens is 234 g/mol. The lowest BCUT2D eigenvalue weighted by Crippen LogP contribution is -2.06. The first kappa shape index (κ1) is 11.7. The second-order valence-corrected chi connectivity index (χ2v) is 4.31. The molecular formula is C14H12ClNO. The standard InChI is InChI=1S/C14H12ClNO/c1-9-5-7-10(8-6-9)14(17)13-11(15)3-2-4-12(13)16/h2-8H,16H2,1H3. The van der Waals surface area contributed by atoms with Crippen LogP contribution in [0.25, 0.3) is 0 Å². The summed E-state index contributed by atoms with van der Waals surface area (Å²) in [5.41, 5.74) is 8.26. The van der Waals surface area contributed by atoms with Crippen LogP contribution < -0.4 is 5.73 Å². The quantitative estimate of drug-likeness (QED) is 0.650. The molecule has 86 valence electrons. The van der Waals surface area contributed by atoms with E-state index in [1.54, 1.807) is 30.3 Å². The SMILES string of the molecule is Cc1ccc(C(=O)c2c(N)cccc2Cl)cc1. The van der Waals surface area contributed by atoms with Crippen LogP contribution in [0.4, 0.5) is 5.69 Å². The Kier molecular flexibility index (Phi) is 3.16. The maximum absolute atomic E-state index is 12.2. The molecule has 0 spiro atoms. The molecule has 2 N–H and O–H groups in total. The van der Waals surface area contributed by atoms with Gasteiger partial charge in [-0.15, -0.1) is 0 Å². The van der Waals surface area contributed by atoms with Gasteiger partial charge in [0.15, 0.2) is 5.78 Å². The number of benzene rings is 2. The van der Waals surface area contributed by atoms with Gasteiger partial charge in [0.05, 0.1) is 10.6 Å². The highest BCUT2D eigenvalue weighted by Gasteiger charge is 2.15. The molecule has 0 aliphatic carbocycles. The summed E-state index contributed by atoms with van der Waals surface area (Å²) in [6.45, 7) is 1.97. The van der Waals surface area contributed by atoms with Crippen molar-refractivity contribution in [3.63, 3.8) is 0 Å². The van der Waals surface area contributed by atoms with Gasteiger partial charge in [0.2, 0.25) is 0 Å². The summed E-state index contributed by atoms with van der Waals surface area (Å²) in [4.78, 5) is 12.2. The number of carbonyl (C=O) groups is 1. The minimum Gasteiger partial charge on any atom is -0.398 e. The van der Waals surface area contributed by atoms with Crippen LogP contribution >= 0.6 is 11.6 Å². The van der Waals surface area contributed by atoms with E-state index in [4.69, 9.17) is 17.3 Å². The molecule has 0 bridgehead atoms. The van der Waals surface area contributed by atoms with Crippen LogP contribution in [0.3, 0.4) is 0 Å². The Morgan fingerprint density at radius 1 is 1.12 bits per heavy atom. The second-order valence-electron chi connectivity index (χ2n) is 3.90. The highest BCUT2D eigenvalue weighted by Crippen LogP contribution is 2.25. The molecule has 0 aliphatic rings. The van der Waals surface area contributed by atoms with Crippen molar-refractivity contribution in [1.29, 1.82) is 0 Å². The minimum absolute atomic E-state index is 0.145. The van der Waals surface area contributed by atoms with E-state index < -0.39 is 0 Å². The highest BCUT2D eigenvalue weighted by atomic mass is 35.5. The zero-order valence-corrected chi connectivity index (χ0v) is 10.2. The molecule has 0 fully saturated rings. The summed E-state index contributed by atoms with van der Waals surface area (Å²) in [6.07, 6.45) is 0. The second kappa shape index (κ2) is 4.60. The Bertz CT molecular complexity index is 541. The average molecular weight is 246 g/mol. The molecule has 0 unspecified atom stereocenters. The van der Waals surface area contributed by atoms with Crippen LogP contribution in [0.2, 0.25) is 5.02 Å². The number of nitrogen functional groups attached to an aromatic ring is 1. The van der Waals surface area contributed by atoms with E-state index in [-0.39, 0.29) is 5.78 Å². The Hall–Kier alpha value is -1.80. The summed E-state index contributed by atoms with van der Waals surface area (Å²) in [6, 6.07) is 12.4. The number of nitrogens with two attached hydrogens (primary N) is 1. The zero-order chi connectivity index (χ0) is 12.4. The maximum atomic E-state index is 12.2. The fourth-order valence-corrected chi connectivity index (χ4v) is 1.90. The number of aryl methyl sites for hydroxylation is 1. The van der Waals surface area contributed by atoms with Gasteiger partial charge in [-0.25, -0.2) is 0 Å². The number of hydrogen-bond donors (Lipinski definition) is 1. The molecule has 0 aromatic heterocycles. The molecule has 0 radical (unpaired) electrons. The topological polar surface area (TPSA) is 43.1 Å². The van der Waals surface area contributed by atoms with E-state index in [1.165, 1.54) is 0 Å². The van der Waals surface area contributed by atoms with Crippen LogP contribution in [-0.4, -0.2) is 5.78 Å². The molecule has 0 atom stereocenters. The molecule has 0 saturated carbocycles. The maximum Gasteiger partial charge on any atom is 0.196 e. The summed E-state index contributed by atoms with van der Waals surface area (Å²) < 4.78 is 0. The van der Waals surface area contributed by atoms with Gasteiger partial charge >= 0.3 is 0 Å². The summed E-state index contributed by atoms with van der Waals surface area (Å²) in [5.74, 6) is -0.145.